The second kappa shape index (κ2) is 7.83. The molecule has 1 N–H and O–H groups in total. The molecule has 0 aromatic heterocycles. The number of unbranched alkanes of at least 4 members (excludes halogenated alkanes) is 2. The van der Waals surface area contributed by atoms with Gasteiger partial charge in [-0.25, -0.2) is 4.79 Å². The van der Waals surface area contributed by atoms with Gasteiger partial charge in [-0.2, -0.15) is 0 Å². The Kier molecular flexibility index (Phi) is 7.00. The Balaban J connectivity index is 3.59. The maximum Gasteiger partial charge on any atom is 0.336 e. The molecule has 0 aliphatic heterocycles. The van der Waals surface area contributed by atoms with E-state index in [1.165, 1.54) is 12.8 Å². The summed E-state index contributed by atoms with van der Waals surface area (Å²) in [4.78, 5) is 9.97. The van der Waals surface area contributed by atoms with Crippen molar-refractivity contribution in [3.8, 4) is 0 Å². The van der Waals surface area contributed by atoms with Crippen molar-refractivity contribution in [3.63, 3.8) is 0 Å². The molecule has 0 spiro atoms. The molecule has 2 nitrogen and oxygen atoms in total. The zero-order valence-corrected chi connectivity index (χ0v) is 7.29. The molecule has 0 atom stereocenters. The highest BCUT2D eigenvalue weighted by Gasteiger charge is 1.78. The molecule has 0 aromatic rings. The van der Waals surface area contributed by atoms with Crippen LogP contribution in [0.25, 0.3) is 0 Å². The van der Waals surface area contributed by atoms with Gasteiger partial charge < -0.3 is 5.11 Å². The van der Waals surface area contributed by atoms with Crippen molar-refractivity contribution >= 4 is 5.97 Å². The Labute approximate surface area is 72.9 Å². The minimum atomic E-state index is -0.965. The highest BCUT2D eigenvalue weighted by molar-refractivity contribution is 5.79. The molecular weight excluding hydrogens is 152 g/mol. The van der Waals surface area contributed by atoms with Gasteiger partial charge in [0.05, 0.1) is 6.08 Å². The summed E-state index contributed by atoms with van der Waals surface area (Å²) in [5.41, 5.74) is 2.53. The number of carbonyl (C=O) groups is 1. The molecule has 66 valence electrons. The van der Waals surface area contributed by atoms with Crippen LogP contribution in [-0.4, -0.2) is 11.1 Å². The van der Waals surface area contributed by atoms with E-state index < -0.39 is 5.97 Å². The van der Waals surface area contributed by atoms with Gasteiger partial charge in [0, 0.05) is 0 Å². The molecule has 0 amide bonds. The first-order valence-electron chi connectivity index (χ1n) is 4.08. The number of hydrogen-bond donors (Lipinski definition) is 1. The predicted molar refractivity (Wildman–Crippen MR) is 49.0 cm³/mol. The molecule has 0 fully saturated rings. The zero-order valence-electron chi connectivity index (χ0n) is 7.29. The van der Waals surface area contributed by atoms with Crippen LogP contribution in [0.1, 0.15) is 26.2 Å². The van der Waals surface area contributed by atoms with Gasteiger partial charge in [-0.15, -0.1) is 5.73 Å². The van der Waals surface area contributed by atoms with Crippen molar-refractivity contribution in [2.45, 2.75) is 26.2 Å². The number of hydrogen-bond acceptors (Lipinski definition) is 1. The van der Waals surface area contributed by atoms with Crippen LogP contribution >= 0.6 is 0 Å². The average molecular weight is 166 g/mol. The smallest absolute Gasteiger partial charge is 0.336 e. The van der Waals surface area contributed by atoms with Crippen LogP contribution in [-0.2, 0) is 4.79 Å². The van der Waals surface area contributed by atoms with Crippen LogP contribution in [0.4, 0.5) is 0 Å². The fourth-order valence-corrected chi connectivity index (χ4v) is 0.661. The second-order valence-electron chi connectivity index (χ2n) is 2.39. The molecule has 0 bridgehead atoms. The van der Waals surface area contributed by atoms with E-state index in [4.69, 9.17) is 5.11 Å². The van der Waals surface area contributed by atoms with Crippen LogP contribution in [0.2, 0.25) is 0 Å². The molecule has 0 rings (SSSR count). The minimum absolute atomic E-state index is 0.965. The summed E-state index contributed by atoms with van der Waals surface area (Å²) >= 11 is 0. The largest absolute Gasteiger partial charge is 0.478 e. The van der Waals surface area contributed by atoms with Crippen molar-refractivity contribution in [2.75, 3.05) is 0 Å². The Morgan fingerprint density at radius 2 is 2.33 bits per heavy atom. The normalized spacial score (nSPS) is 9.42. The number of allylic oxidation sites excluding steroid dienone is 2. The maximum atomic E-state index is 9.97. The highest BCUT2D eigenvalue weighted by atomic mass is 16.4. The van der Waals surface area contributed by atoms with E-state index in [-0.39, 0.29) is 0 Å². The average Bonchev–Trinajstić information content (AvgIpc) is 2.02. The third kappa shape index (κ3) is 8.73. The van der Waals surface area contributed by atoms with E-state index in [2.05, 4.69) is 12.7 Å². The van der Waals surface area contributed by atoms with Crippen molar-refractivity contribution in [1.29, 1.82) is 0 Å². The molecule has 0 aliphatic rings. The predicted octanol–water partition coefficient (Wildman–Crippen LogP) is 2.53. The van der Waals surface area contributed by atoms with E-state index in [1.54, 1.807) is 6.08 Å². The summed E-state index contributed by atoms with van der Waals surface area (Å²) in [6, 6.07) is 0. The molecule has 0 radical (unpaired) electrons. The van der Waals surface area contributed by atoms with Crippen molar-refractivity contribution in [2.24, 2.45) is 0 Å². The van der Waals surface area contributed by atoms with Crippen LogP contribution < -0.4 is 0 Å². The summed E-state index contributed by atoms with van der Waals surface area (Å²) in [6.07, 6.45) is 9.81. The summed E-state index contributed by atoms with van der Waals surface area (Å²) in [6.45, 7) is 2.13. The summed E-state index contributed by atoms with van der Waals surface area (Å²) in [7, 11) is 0. The zero-order chi connectivity index (χ0) is 9.23. The van der Waals surface area contributed by atoms with Gasteiger partial charge in [-0.3, -0.25) is 0 Å². The lowest BCUT2D eigenvalue weighted by Crippen LogP contribution is -1.83. The SMILES string of the molecule is CCCCC=CC=C=CC(=O)O. The van der Waals surface area contributed by atoms with E-state index in [0.29, 0.717) is 0 Å². The van der Waals surface area contributed by atoms with Gasteiger partial charge in [0.1, 0.15) is 0 Å². The van der Waals surface area contributed by atoms with Gasteiger partial charge in [0.2, 0.25) is 0 Å². The van der Waals surface area contributed by atoms with Crippen molar-refractivity contribution < 1.29 is 9.90 Å². The van der Waals surface area contributed by atoms with Gasteiger partial charge >= 0.3 is 5.97 Å². The molecule has 0 aliphatic carbocycles. The van der Waals surface area contributed by atoms with Crippen LogP contribution in [0.3, 0.4) is 0 Å². The van der Waals surface area contributed by atoms with E-state index >= 15 is 0 Å². The molecule has 0 aromatic carbocycles. The minimum Gasteiger partial charge on any atom is -0.478 e. The Bertz CT molecular complexity index is 208. The molecule has 0 unspecified atom stereocenters. The molecular formula is C10H14O2. The van der Waals surface area contributed by atoms with Gasteiger partial charge in [-0.05, 0) is 12.5 Å². The second-order valence-corrected chi connectivity index (χ2v) is 2.39. The van der Waals surface area contributed by atoms with Crippen LogP contribution in [0, 0.1) is 0 Å². The standard InChI is InChI=1S/C10H14O2/c1-2-3-4-5-6-7-8-9-10(11)12/h5-7,9H,2-4H2,1H3,(H,11,12). The lowest BCUT2D eigenvalue weighted by atomic mass is 10.2. The van der Waals surface area contributed by atoms with Crippen molar-refractivity contribution in [1.82, 2.24) is 0 Å². The first-order chi connectivity index (χ1) is 5.77. The van der Waals surface area contributed by atoms with E-state index in [0.717, 1.165) is 12.5 Å². The number of carboxylic acids is 1. The van der Waals surface area contributed by atoms with E-state index in [9.17, 15) is 4.79 Å². The summed E-state index contributed by atoms with van der Waals surface area (Å²) in [5.74, 6) is -0.965. The van der Waals surface area contributed by atoms with Crippen molar-refractivity contribution in [3.05, 3.63) is 30.0 Å². The molecule has 0 saturated heterocycles. The quantitative estimate of drug-likeness (QED) is 0.295. The first kappa shape index (κ1) is 10.7. The lowest BCUT2D eigenvalue weighted by Gasteiger charge is -1.84. The Morgan fingerprint density at radius 1 is 1.58 bits per heavy atom. The third-order valence-corrected chi connectivity index (χ3v) is 1.26. The molecule has 12 heavy (non-hydrogen) atoms. The maximum absolute atomic E-state index is 9.97. The summed E-state index contributed by atoms with van der Waals surface area (Å²) < 4.78 is 0. The van der Waals surface area contributed by atoms with Gasteiger partial charge in [0.25, 0.3) is 0 Å². The number of rotatable bonds is 5. The van der Waals surface area contributed by atoms with Gasteiger partial charge in [0.15, 0.2) is 0 Å². The monoisotopic (exact) mass is 166 g/mol. The third-order valence-electron chi connectivity index (χ3n) is 1.26. The number of carboxylic acid groups (broad SMARTS) is 1. The fraction of sp³-hybridized carbons (Fsp3) is 0.400. The number of aliphatic carboxylic acids is 1. The Morgan fingerprint density at radius 3 is 2.92 bits per heavy atom. The van der Waals surface area contributed by atoms with Gasteiger partial charge in [-0.1, -0.05) is 31.9 Å². The first-order valence-corrected chi connectivity index (χ1v) is 4.08. The molecule has 0 heterocycles. The lowest BCUT2D eigenvalue weighted by molar-refractivity contribution is -0.131. The summed E-state index contributed by atoms with van der Waals surface area (Å²) in [5, 5.41) is 8.19. The highest BCUT2D eigenvalue weighted by Crippen LogP contribution is 1.94. The van der Waals surface area contributed by atoms with Crippen LogP contribution in [0.15, 0.2) is 30.0 Å². The van der Waals surface area contributed by atoms with E-state index in [1.807, 2.05) is 12.2 Å². The van der Waals surface area contributed by atoms with Crippen LogP contribution in [0.5, 0.6) is 0 Å². The topological polar surface area (TPSA) is 37.3 Å². The molecule has 0 saturated carbocycles. The Hall–Kier alpha value is -1.27. The molecule has 2 heteroatoms. The fourth-order valence-electron chi connectivity index (χ4n) is 0.661.